The van der Waals surface area contributed by atoms with Gasteiger partial charge >= 0.3 is 0 Å². The maximum atomic E-state index is 14.4. The van der Waals surface area contributed by atoms with E-state index in [0.29, 0.717) is 18.4 Å². The van der Waals surface area contributed by atoms with Crippen LogP contribution in [0.5, 0.6) is 0 Å². The summed E-state index contributed by atoms with van der Waals surface area (Å²) < 4.78 is 6.80. The van der Waals surface area contributed by atoms with Crippen molar-refractivity contribution in [2.45, 2.75) is 76.9 Å². The number of Topliss-reactive ketones (excluding diaryl/α,β-unsaturated/α-hetero) is 2. The van der Waals surface area contributed by atoms with Gasteiger partial charge in [-0.15, -0.1) is 0 Å². The van der Waals surface area contributed by atoms with Crippen molar-refractivity contribution < 1.29 is 29.3 Å². The van der Waals surface area contributed by atoms with E-state index in [9.17, 15) is 24.6 Å². The molecule has 2 aliphatic heterocycles. The minimum Gasteiger partial charge on any atom is -0.389 e. The molecule has 3 fully saturated rings. The molecule has 9 atom stereocenters. The number of nitrogens with one attached hydrogen (secondary N) is 2. The molecule has 2 aromatic rings. The first-order valence-electron chi connectivity index (χ1n) is 14.3. The van der Waals surface area contributed by atoms with Crippen molar-refractivity contribution >= 4 is 28.4 Å². The Morgan fingerprint density at radius 2 is 1.88 bits per heavy atom. The van der Waals surface area contributed by atoms with Gasteiger partial charge in [-0.3, -0.25) is 14.4 Å². The van der Waals surface area contributed by atoms with Crippen molar-refractivity contribution in [2.75, 3.05) is 0 Å². The third kappa shape index (κ3) is 3.58. The van der Waals surface area contributed by atoms with E-state index < -0.39 is 52.5 Å². The molecule has 1 amide bonds. The van der Waals surface area contributed by atoms with Crippen molar-refractivity contribution in [3.05, 3.63) is 59.8 Å². The molecule has 6 rings (SSSR count). The molecule has 40 heavy (non-hydrogen) atoms. The smallest absolute Gasteiger partial charge is 0.237 e. The summed E-state index contributed by atoms with van der Waals surface area (Å²) in [6.45, 7) is 7.48. The van der Waals surface area contributed by atoms with Crippen LogP contribution >= 0.6 is 0 Å². The van der Waals surface area contributed by atoms with E-state index in [2.05, 4.69) is 10.3 Å². The van der Waals surface area contributed by atoms with Crippen LogP contribution in [0.4, 0.5) is 0 Å². The first-order chi connectivity index (χ1) is 19.0. The Labute approximate surface area is 233 Å². The van der Waals surface area contributed by atoms with Crippen LogP contribution in [0.3, 0.4) is 0 Å². The summed E-state index contributed by atoms with van der Waals surface area (Å²) in [4.78, 5) is 44.7. The van der Waals surface area contributed by atoms with Gasteiger partial charge in [-0.05, 0) is 55.7 Å². The van der Waals surface area contributed by atoms with Gasteiger partial charge < -0.3 is 25.3 Å². The Morgan fingerprint density at radius 1 is 1.12 bits per heavy atom. The fourth-order valence-electron chi connectivity index (χ4n) is 8.26. The molecule has 0 radical (unpaired) electrons. The molecule has 1 aromatic heterocycles. The number of para-hydroxylation sites is 1. The Hall–Kier alpha value is -3.07. The van der Waals surface area contributed by atoms with E-state index in [4.69, 9.17) is 4.74 Å². The standard InChI is InChI=1S/C32H38N2O6/c1-17-8-7-10-22-28(38)30(4)19(3)27-31(40-30,15-20-16-33-23-11-6-5-9-21(20)23)34-29(39)32(22,27)25(36)13-12-24(35)26(37)18(2)14-17/h5-7,9-11,14,16-17,19,22,24,27-28,33,35,38H,8,12-13,15H2,1-4H3,(H,34,39)/t17-,19-,22-,24-,27-,28-,30-,31+,32+/m0/s1. The molecule has 1 spiro atoms. The molecule has 4 N–H and O–H groups in total. The number of aromatic nitrogens is 1. The summed E-state index contributed by atoms with van der Waals surface area (Å²) in [6.07, 6.45) is 5.64. The maximum absolute atomic E-state index is 14.4. The second-order valence-electron chi connectivity index (χ2n) is 12.6. The zero-order valence-corrected chi connectivity index (χ0v) is 23.4. The lowest BCUT2D eigenvalue weighted by Gasteiger charge is -2.50. The molecule has 2 bridgehead atoms. The summed E-state index contributed by atoms with van der Waals surface area (Å²) in [7, 11) is 0. The lowest BCUT2D eigenvalue weighted by molar-refractivity contribution is -0.191. The fourth-order valence-corrected chi connectivity index (χ4v) is 8.26. The van der Waals surface area contributed by atoms with Crippen molar-refractivity contribution in [1.29, 1.82) is 0 Å². The van der Waals surface area contributed by atoms with Gasteiger partial charge in [0.25, 0.3) is 0 Å². The quantitative estimate of drug-likeness (QED) is 0.338. The number of aliphatic hydroxyl groups is 2. The van der Waals surface area contributed by atoms with Crippen LogP contribution in [-0.4, -0.2) is 56.2 Å². The minimum absolute atomic E-state index is 0.0126. The lowest BCUT2D eigenvalue weighted by Crippen LogP contribution is -2.64. The zero-order chi connectivity index (χ0) is 28.6. The summed E-state index contributed by atoms with van der Waals surface area (Å²) in [5.41, 5.74) is -1.44. The first-order valence-corrected chi connectivity index (χ1v) is 14.3. The summed E-state index contributed by atoms with van der Waals surface area (Å²) in [6, 6.07) is 7.90. The molecule has 1 aromatic carbocycles. The van der Waals surface area contributed by atoms with Gasteiger partial charge in [0, 0.05) is 41.8 Å². The van der Waals surface area contributed by atoms with E-state index in [1.54, 1.807) is 6.92 Å². The van der Waals surface area contributed by atoms with Crippen molar-refractivity contribution in [3.63, 3.8) is 0 Å². The van der Waals surface area contributed by atoms with Gasteiger partial charge in [0.15, 0.2) is 11.5 Å². The van der Waals surface area contributed by atoms with Crippen molar-refractivity contribution in [1.82, 2.24) is 10.3 Å². The number of carbonyl (C=O) groups excluding carboxylic acids is 3. The number of rotatable bonds is 2. The second-order valence-corrected chi connectivity index (χ2v) is 12.6. The number of fused-ring (bicyclic) bond motifs is 2. The lowest BCUT2D eigenvalue weighted by atomic mass is 9.50. The molecule has 8 nitrogen and oxygen atoms in total. The number of allylic oxidation sites excluding steroid dienone is 2. The Kier molecular flexibility index (Phi) is 6.25. The predicted octanol–water partition coefficient (Wildman–Crippen LogP) is 3.38. The fraction of sp³-hybridized carbons (Fsp3) is 0.531. The molecule has 1 saturated carbocycles. The Morgan fingerprint density at radius 3 is 2.65 bits per heavy atom. The molecule has 2 saturated heterocycles. The number of benzene rings is 1. The van der Waals surface area contributed by atoms with Gasteiger partial charge in [0.2, 0.25) is 5.91 Å². The number of hydrogen-bond acceptors (Lipinski definition) is 6. The summed E-state index contributed by atoms with van der Waals surface area (Å²) in [5, 5.41) is 26.8. The van der Waals surface area contributed by atoms with Crippen LogP contribution in [0.15, 0.2) is 54.3 Å². The average Bonchev–Trinajstić information content (AvgIpc) is 3.48. The number of ketones is 2. The Bertz CT molecular complexity index is 1460. The molecule has 8 heteroatoms. The predicted molar refractivity (Wildman–Crippen MR) is 149 cm³/mol. The van der Waals surface area contributed by atoms with Gasteiger partial charge in [-0.2, -0.15) is 0 Å². The third-order valence-corrected chi connectivity index (χ3v) is 10.3. The van der Waals surface area contributed by atoms with Crippen LogP contribution in [0.1, 0.15) is 52.5 Å². The third-order valence-electron chi connectivity index (χ3n) is 10.3. The summed E-state index contributed by atoms with van der Waals surface area (Å²) in [5.74, 6) is -2.95. The number of aliphatic hydroxyl groups excluding tert-OH is 2. The van der Waals surface area contributed by atoms with Gasteiger partial charge in [0.05, 0.1) is 11.7 Å². The van der Waals surface area contributed by atoms with Crippen LogP contribution in [-0.2, 0) is 25.5 Å². The molecule has 212 valence electrons. The van der Waals surface area contributed by atoms with Crippen LogP contribution in [0.2, 0.25) is 0 Å². The van der Waals surface area contributed by atoms with Crippen LogP contribution in [0.25, 0.3) is 10.9 Å². The van der Waals surface area contributed by atoms with Gasteiger partial charge in [-0.25, -0.2) is 0 Å². The largest absolute Gasteiger partial charge is 0.389 e. The maximum Gasteiger partial charge on any atom is 0.237 e. The molecular weight excluding hydrogens is 508 g/mol. The SMILES string of the molecule is CC1=C[C@@H](C)CC=C[C@H]2[C@H](O)[C@@]3(C)O[C@@]4(Cc5c[nH]c6ccccc56)NC(=O)[C@]2(C(=O)CC[C@H](O)C1=O)[C@H]4[C@@H]3C. The Balaban J connectivity index is 1.49. The van der Waals surface area contributed by atoms with E-state index in [0.717, 1.165) is 16.5 Å². The highest BCUT2D eigenvalue weighted by Crippen LogP contribution is 2.67. The normalized spacial score (nSPS) is 41.6. The number of hydrogen-bond donors (Lipinski definition) is 4. The monoisotopic (exact) mass is 546 g/mol. The summed E-state index contributed by atoms with van der Waals surface area (Å²) >= 11 is 0. The number of H-pyrrole nitrogens is 1. The highest BCUT2D eigenvalue weighted by Gasteiger charge is 2.82. The topological polar surface area (TPSA) is 129 Å². The van der Waals surface area contributed by atoms with Crippen LogP contribution in [0, 0.1) is 29.1 Å². The van der Waals surface area contributed by atoms with Crippen molar-refractivity contribution in [2.24, 2.45) is 29.1 Å². The number of carbonyl (C=O) groups is 3. The molecule has 2 aliphatic carbocycles. The van der Waals surface area contributed by atoms with E-state index in [1.807, 2.05) is 69.5 Å². The highest BCUT2D eigenvalue weighted by atomic mass is 16.6. The number of aromatic amines is 1. The number of ether oxygens (including phenoxy) is 1. The first kappa shape index (κ1) is 27.1. The average molecular weight is 547 g/mol. The second kappa shape index (κ2) is 9.23. The van der Waals surface area contributed by atoms with Gasteiger partial charge in [0.1, 0.15) is 17.3 Å². The minimum atomic E-state index is -1.60. The van der Waals surface area contributed by atoms with E-state index >= 15 is 0 Å². The van der Waals surface area contributed by atoms with Crippen molar-refractivity contribution in [3.8, 4) is 0 Å². The van der Waals surface area contributed by atoms with Gasteiger partial charge in [-0.1, -0.05) is 50.3 Å². The van der Waals surface area contributed by atoms with E-state index in [1.165, 1.54) is 0 Å². The van der Waals surface area contributed by atoms with Crippen LogP contribution < -0.4 is 5.32 Å². The zero-order valence-electron chi connectivity index (χ0n) is 23.4. The molecule has 0 unspecified atom stereocenters. The molecule has 4 aliphatic rings. The molecular formula is C32H38N2O6. The van der Waals surface area contributed by atoms with E-state index in [-0.39, 0.29) is 30.5 Å². The highest BCUT2D eigenvalue weighted by molar-refractivity contribution is 6.10. The molecule has 3 heterocycles. The number of amides is 1.